The van der Waals surface area contributed by atoms with E-state index in [9.17, 15) is 4.79 Å². The molecule has 21 heavy (non-hydrogen) atoms. The Morgan fingerprint density at radius 2 is 2.24 bits per heavy atom. The third-order valence-electron chi connectivity index (χ3n) is 4.76. The van der Waals surface area contributed by atoms with Gasteiger partial charge < -0.3 is 15.0 Å². The molecule has 4 nitrogen and oxygen atoms in total. The maximum absolute atomic E-state index is 12.9. The monoisotopic (exact) mass is 288 g/mol. The van der Waals surface area contributed by atoms with Gasteiger partial charge in [-0.2, -0.15) is 0 Å². The first-order chi connectivity index (χ1) is 10.1. The molecule has 3 rings (SSSR count). The van der Waals surface area contributed by atoms with Crippen molar-refractivity contribution in [3.63, 3.8) is 0 Å². The fourth-order valence-corrected chi connectivity index (χ4v) is 3.43. The first-order valence-electron chi connectivity index (χ1n) is 7.83. The van der Waals surface area contributed by atoms with Gasteiger partial charge in [-0.05, 0) is 50.3 Å². The highest BCUT2D eigenvalue weighted by molar-refractivity contribution is 5.97. The Kier molecular flexibility index (Phi) is 3.89. The number of likely N-dealkylation sites (tertiary alicyclic amines) is 1. The number of nitrogens with one attached hydrogen (secondary N) is 1. The zero-order valence-corrected chi connectivity index (χ0v) is 12.9. The molecule has 0 spiro atoms. The molecule has 114 valence electrons. The third-order valence-corrected chi connectivity index (χ3v) is 4.76. The van der Waals surface area contributed by atoms with E-state index in [1.165, 1.54) is 5.56 Å². The summed E-state index contributed by atoms with van der Waals surface area (Å²) in [6.45, 7) is 4.60. The lowest BCUT2D eigenvalue weighted by molar-refractivity contribution is -0.0440. The van der Waals surface area contributed by atoms with Gasteiger partial charge in [-0.1, -0.05) is 6.07 Å². The lowest BCUT2D eigenvalue weighted by atomic mass is 9.92. The number of carbonyl (C=O) groups is 1. The number of benzene rings is 1. The Hall–Kier alpha value is -1.55. The van der Waals surface area contributed by atoms with E-state index in [-0.39, 0.29) is 11.5 Å². The summed E-state index contributed by atoms with van der Waals surface area (Å²) in [5, 5.41) is 3.39. The van der Waals surface area contributed by atoms with Crippen molar-refractivity contribution in [1.29, 1.82) is 0 Å². The Labute approximate surface area is 126 Å². The minimum absolute atomic E-state index is 0.151. The van der Waals surface area contributed by atoms with Gasteiger partial charge >= 0.3 is 0 Å². The average molecular weight is 288 g/mol. The molecule has 0 radical (unpaired) electrons. The van der Waals surface area contributed by atoms with Crippen molar-refractivity contribution < 1.29 is 9.53 Å². The zero-order valence-electron chi connectivity index (χ0n) is 12.9. The van der Waals surface area contributed by atoms with E-state index in [1.807, 2.05) is 17.0 Å². The van der Waals surface area contributed by atoms with Gasteiger partial charge in [-0.25, -0.2) is 0 Å². The van der Waals surface area contributed by atoms with Crippen LogP contribution in [0.1, 0.15) is 42.1 Å². The maximum atomic E-state index is 12.9. The summed E-state index contributed by atoms with van der Waals surface area (Å²) in [4.78, 5) is 14.9. The number of hydrogen-bond donors (Lipinski definition) is 1. The van der Waals surface area contributed by atoms with Crippen LogP contribution in [-0.2, 0) is 11.2 Å². The second-order valence-electron chi connectivity index (χ2n) is 6.35. The average Bonchev–Trinajstić information content (AvgIpc) is 2.54. The molecule has 1 aromatic rings. The standard InChI is InChI=1S/C17H24N2O2/c1-17(21-2)9-5-11-19(12-17)16(20)14-6-3-8-15-13(14)7-4-10-18-15/h3,6,8,18H,4-5,7,9-12H2,1-2H3. The largest absolute Gasteiger partial charge is 0.385 e. The molecule has 1 saturated heterocycles. The number of nitrogens with zero attached hydrogens (tertiary/aromatic N) is 1. The molecular formula is C17H24N2O2. The number of fused-ring (bicyclic) bond motifs is 1. The summed E-state index contributed by atoms with van der Waals surface area (Å²) >= 11 is 0. The van der Waals surface area contributed by atoms with Crippen molar-refractivity contribution in [2.24, 2.45) is 0 Å². The van der Waals surface area contributed by atoms with Gasteiger partial charge in [0.25, 0.3) is 5.91 Å². The van der Waals surface area contributed by atoms with Crippen molar-refractivity contribution in [3.05, 3.63) is 29.3 Å². The molecule has 2 aliphatic rings. The maximum Gasteiger partial charge on any atom is 0.254 e. The molecule has 2 heterocycles. The Morgan fingerprint density at radius 3 is 3.05 bits per heavy atom. The fourth-order valence-electron chi connectivity index (χ4n) is 3.43. The number of rotatable bonds is 2. The Balaban J connectivity index is 1.85. The molecule has 1 fully saturated rings. The zero-order chi connectivity index (χ0) is 14.9. The van der Waals surface area contributed by atoms with Crippen LogP contribution in [0.2, 0.25) is 0 Å². The highest BCUT2D eigenvalue weighted by Crippen LogP contribution is 2.29. The topological polar surface area (TPSA) is 41.6 Å². The molecule has 2 aliphatic heterocycles. The third kappa shape index (κ3) is 2.77. The van der Waals surface area contributed by atoms with E-state index in [4.69, 9.17) is 4.74 Å². The normalized spacial score (nSPS) is 25.1. The van der Waals surface area contributed by atoms with Crippen LogP contribution < -0.4 is 5.32 Å². The summed E-state index contributed by atoms with van der Waals surface area (Å²) in [5.41, 5.74) is 2.96. The highest BCUT2D eigenvalue weighted by atomic mass is 16.5. The SMILES string of the molecule is COC1(C)CCCN(C(=O)c2cccc3c2CCCN3)C1. The van der Waals surface area contributed by atoms with E-state index < -0.39 is 0 Å². The number of hydrogen-bond acceptors (Lipinski definition) is 3. The van der Waals surface area contributed by atoms with Crippen molar-refractivity contribution in [2.75, 3.05) is 32.1 Å². The van der Waals surface area contributed by atoms with Crippen molar-refractivity contribution in [3.8, 4) is 0 Å². The lowest BCUT2D eigenvalue weighted by Gasteiger charge is -2.39. The summed E-state index contributed by atoms with van der Waals surface area (Å²) in [5.74, 6) is 0.151. The summed E-state index contributed by atoms with van der Waals surface area (Å²) < 4.78 is 5.60. The van der Waals surface area contributed by atoms with Gasteiger partial charge in [0.1, 0.15) is 0 Å². The second-order valence-corrected chi connectivity index (χ2v) is 6.35. The second kappa shape index (κ2) is 5.68. The van der Waals surface area contributed by atoms with E-state index in [0.29, 0.717) is 6.54 Å². The molecule has 0 bridgehead atoms. The summed E-state index contributed by atoms with van der Waals surface area (Å²) in [6, 6.07) is 6.01. The van der Waals surface area contributed by atoms with Gasteiger partial charge in [0, 0.05) is 38.0 Å². The molecule has 0 aliphatic carbocycles. The predicted octanol–water partition coefficient (Wildman–Crippen LogP) is 2.69. The van der Waals surface area contributed by atoms with Crippen LogP contribution in [0, 0.1) is 0 Å². The van der Waals surface area contributed by atoms with Crippen molar-refractivity contribution in [1.82, 2.24) is 4.90 Å². The van der Waals surface area contributed by atoms with Gasteiger partial charge in [-0.15, -0.1) is 0 Å². The van der Waals surface area contributed by atoms with Crippen LogP contribution in [0.4, 0.5) is 5.69 Å². The molecule has 0 saturated carbocycles. The molecule has 1 amide bonds. The quantitative estimate of drug-likeness (QED) is 0.909. The summed E-state index contributed by atoms with van der Waals surface area (Å²) in [6.07, 6.45) is 4.10. The van der Waals surface area contributed by atoms with Crippen LogP contribution in [-0.4, -0.2) is 43.2 Å². The van der Waals surface area contributed by atoms with Crippen LogP contribution in [0.15, 0.2) is 18.2 Å². The lowest BCUT2D eigenvalue weighted by Crippen LogP contribution is -2.49. The fraction of sp³-hybridized carbons (Fsp3) is 0.588. The van der Waals surface area contributed by atoms with Gasteiger partial charge in [0.05, 0.1) is 5.60 Å². The first-order valence-corrected chi connectivity index (χ1v) is 7.83. The Bertz CT molecular complexity index is 544. The molecular weight excluding hydrogens is 264 g/mol. The van der Waals surface area contributed by atoms with Crippen LogP contribution >= 0.6 is 0 Å². The van der Waals surface area contributed by atoms with E-state index >= 15 is 0 Å². The molecule has 0 aromatic heterocycles. The van der Waals surface area contributed by atoms with E-state index in [2.05, 4.69) is 18.3 Å². The number of piperidine rings is 1. The predicted molar refractivity (Wildman–Crippen MR) is 83.8 cm³/mol. The van der Waals surface area contributed by atoms with E-state index in [0.717, 1.165) is 50.0 Å². The van der Waals surface area contributed by atoms with Crippen LogP contribution in [0.5, 0.6) is 0 Å². The molecule has 1 unspecified atom stereocenters. The van der Waals surface area contributed by atoms with Crippen molar-refractivity contribution >= 4 is 11.6 Å². The van der Waals surface area contributed by atoms with Crippen LogP contribution in [0.3, 0.4) is 0 Å². The molecule has 1 atom stereocenters. The summed E-state index contributed by atoms with van der Waals surface area (Å²) in [7, 11) is 1.74. The van der Waals surface area contributed by atoms with Gasteiger partial charge in [0.15, 0.2) is 0 Å². The molecule has 1 aromatic carbocycles. The highest BCUT2D eigenvalue weighted by Gasteiger charge is 2.34. The number of ether oxygens (including phenoxy) is 1. The molecule has 4 heteroatoms. The van der Waals surface area contributed by atoms with Crippen molar-refractivity contribution in [2.45, 2.75) is 38.2 Å². The number of anilines is 1. The number of carbonyl (C=O) groups excluding carboxylic acids is 1. The van der Waals surface area contributed by atoms with Crippen LogP contribution in [0.25, 0.3) is 0 Å². The Morgan fingerprint density at radius 1 is 1.38 bits per heavy atom. The smallest absolute Gasteiger partial charge is 0.254 e. The minimum Gasteiger partial charge on any atom is -0.385 e. The van der Waals surface area contributed by atoms with E-state index in [1.54, 1.807) is 7.11 Å². The number of amides is 1. The molecule has 1 N–H and O–H groups in total. The minimum atomic E-state index is -0.207. The van der Waals surface area contributed by atoms with Gasteiger partial charge in [0.2, 0.25) is 0 Å². The van der Waals surface area contributed by atoms with Gasteiger partial charge in [-0.3, -0.25) is 4.79 Å². The number of methoxy groups -OCH3 is 1. The first kappa shape index (κ1) is 14.4.